The molecule has 0 saturated carbocycles. The van der Waals surface area contributed by atoms with Gasteiger partial charge in [0.2, 0.25) is 5.91 Å². The van der Waals surface area contributed by atoms with Gasteiger partial charge in [-0.25, -0.2) is 4.98 Å². The molecule has 8 heteroatoms. The van der Waals surface area contributed by atoms with Crippen LogP contribution in [0.15, 0.2) is 36.8 Å². The van der Waals surface area contributed by atoms with Crippen LogP contribution in [0.3, 0.4) is 0 Å². The van der Waals surface area contributed by atoms with Crippen molar-refractivity contribution in [2.75, 3.05) is 4.90 Å². The predicted molar refractivity (Wildman–Crippen MR) is 73.0 cm³/mol. The van der Waals surface area contributed by atoms with Gasteiger partial charge in [0.15, 0.2) is 0 Å². The SMILES string of the molecule is CC(=O)N(c1cc([N+](=O)[O-])ccn1)c1ccncc1Cl. The molecule has 20 heavy (non-hydrogen) atoms. The predicted octanol–water partition coefficient (Wildman–Crippen LogP) is 2.72. The van der Waals surface area contributed by atoms with Crippen LogP contribution in [-0.4, -0.2) is 20.8 Å². The summed E-state index contributed by atoms with van der Waals surface area (Å²) in [7, 11) is 0. The number of hydrogen-bond acceptors (Lipinski definition) is 5. The number of nitro groups is 1. The number of hydrogen-bond donors (Lipinski definition) is 0. The largest absolute Gasteiger partial charge is 0.274 e. The number of rotatable bonds is 3. The molecule has 0 N–H and O–H groups in total. The second-order valence-corrected chi connectivity index (χ2v) is 4.22. The van der Waals surface area contributed by atoms with Crippen LogP contribution in [0.1, 0.15) is 6.92 Å². The number of aromatic nitrogens is 2. The number of carbonyl (C=O) groups is 1. The molecule has 102 valence electrons. The van der Waals surface area contributed by atoms with E-state index in [-0.39, 0.29) is 22.4 Å². The van der Waals surface area contributed by atoms with Gasteiger partial charge in [-0.15, -0.1) is 0 Å². The molecular weight excluding hydrogens is 284 g/mol. The minimum atomic E-state index is -0.558. The van der Waals surface area contributed by atoms with E-state index in [1.54, 1.807) is 0 Å². The van der Waals surface area contributed by atoms with Gasteiger partial charge in [-0.1, -0.05) is 11.6 Å². The molecule has 0 aliphatic rings. The van der Waals surface area contributed by atoms with Crippen molar-refractivity contribution in [2.45, 2.75) is 6.92 Å². The van der Waals surface area contributed by atoms with Crippen molar-refractivity contribution < 1.29 is 9.72 Å². The number of halogens is 1. The molecular formula is C12H9ClN4O3. The summed E-state index contributed by atoms with van der Waals surface area (Å²) in [6, 6.07) is 3.98. The number of pyridine rings is 2. The summed E-state index contributed by atoms with van der Waals surface area (Å²) in [6.45, 7) is 1.32. The smallest absolute Gasteiger partial charge is 0.274 e. The first kappa shape index (κ1) is 13.9. The highest BCUT2D eigenvalue weighted by molar-refractivity contribution is 6.33. The van der Waals surface area contributed by atoms with Gasteiger partial charge in [0, 0.05) is 31.6 Å². The molecule has 0 saturated heterocycles. The Morgan fingerprint density at radius 1 is 1.40 bits per heavy atom. The maximum absolute atomic E-state index is 11.8. The zero-order valence-corrected chi connectivity index (χ0v) is 11.1. The van der Waals surface area contributed by atoms with E-state index in [1.807, 2.05) is 0 Å². The van der Waals surface area contributed by atoms with Crippen LogP contribution in [0.4, 0.5) is 17.2 Å². The molecule has 0 aliphatic carbocycles. The van der Waals surface area contributed by atoms with Gasteiger partial charge < -0.3 is 0 Å². The lowest BCUT2D eigenvalue weighted by atomic mass is 10.3. The van der Waals surface area contributed by atoms with Crippen LogP contribution in [0.2, 0.25) is 5.02 Å². The average Bonchev–Trinajstić information content (AvgIpc) is 2.41. The summed E-state index contributed by atoms with van der Waals surface area (Å²) in [4.78, 5) is 31.0. The van der Waals surface area contributed by atoms with Crippen LogP contribution in [-0.2, 0) is 4.79 Å². The summed E-state index contributed by atoms with van der Waals surface area (Å²) in [5.41, 5.74) is 0.202. The van der Waals surface area contributed by atoms with Crippen LogP contribution >= 0.6 is 11.6 Å². The Morgan fingerprint density at radius 3 is 2.75 bits per heavy atom. The average molecular weight is 293 g/mol. The first-order chi connectivity index (χ1) is 9.50. The van der Waals surface area contributed by atoms with E-state index < -0.39 is 4.92 Å². The Hall–Kier alpha value is -2.54. The van der Waals surface area contributed by atoms with Gasteiger partial charge in [-0.2, -0.15) is 0 Å². The summed E-state index contributed by atoms with van der Waals surface area (Å²) in [6.07, 6.45) is 4.11. The molecule has 0 aromatic carbocycles. The lowest BCUT2D eigenvalue weighted by Crippen LogP contribution is -2.24. The molecule has 0 spiro atoms. The van der Waals surface area contributed by atoms with E-state index in [9.17, 15) is 14.9 Å². The second-order valence-electron chi connectivity index (χ2n) is 3.81. The van der Waals surface area contributed by atoms with Crippen molar-refractivity contribution in [1.29, 1.82) is 0 Å². The van der Waals surface area contributed by atoms with Gasteiger partial charge in [0.1, 0.15) is 5.82 Å². The molecule has 2 aromatic rings. The fourth-order valence-corrected chi connectivity index (χ4v) is 1.85. The minimum absolute atomic E-state index is 0.125. The Bertz CT molecular complexity index is 677. The van der Waals surface area contributed by atoms with Crippen LogP contribution in [0.25, 0.3) is 0 Å². The van der Waals surface area contributed by atoms with Crippen molar-refractivity contribution in [3.63, 3.8) is 0 Å². The van der Waals surface area contributed by atoms with Crippen LogP contribution < -0.4 is 4.90 Å². The fraction of sp³-hybridized carbons (Fsp3) is 0.0833. The first-order valence-electron chi connectivity index (χ1n) is 5.51. The molecule has 0 fully saturated rings. The number of amides is 1. The van der Waals surface area contributed by atoms with Gasteiger partial charge in [0.25, 0.3) is 5.69 Å². The normalized spacial score (nSPS) is 10.1. The summed E-state index contributed by atoms with van der Waals surface area (Å²) in [5, 5.41) is 11.0. The molecule has 1 amide bonds. The van der Waals surface area contributed by atoms with Crippen molar-refractivity contribution in [2.24, 2.45) is 0 Å². The maximum Gasteiger partial charge on any atom is 0.274 e. The van der Waals surface area contributed by atoms with Crippen molar-refractivity contribution in [3.8, 4) is 0 Å². The van der Waals surface area contributed by atoms with Crippen molar-refractivity contribution in [1.82, 2.24) is 9.97 Å². The van der Waals surface area contributed by atoms with Gasteiger partial charge in [-0.3, -0.25) is 24.8 Å². The summed E-state index contributed by atoms with van der Waals surface area (Å²) in [5.74, 6) is -0.245. The number of anilines is 2. The van der Waals surface area contributed by atoms with Crippen molar-refractivity contribution in [3.05, 3.63) is 51.9 Å². The highest BCUT2D eigenvalue weighted by Gasteiger charge is 2.20. The molecule has 0 radical (unpaired) electrons. The molecule has 0 unspecified atom stereocenters. The van der Waals surface area contributed by atoms with E-state index in [0.717, 1.165) is 0 Å². The fourth-order valence-electron chi connectivity index (χ4n) is 1.65. The Balaban J connectivity index is 2.55. The first-order valence-corrected chi connectivity index (χ1v) is 5.89. The molecule has 7 nitrogen and oxygen atoms in total. The molecule has 0 atom stereocenters. The van der Waals surface area contributed by atoms with Gasteiger partial charge in [-0.05, 0) is 6.07 Å². The van der Waals surface area contributed by atoms with E-state index in [2.05, 4.69) is 9.97 Å². The maximum atomic E-state index is 11.8. The second kappa shape index (κ2) is 5.62. The van der Waals surface area contributed by atoms with Gasteiger partial charge >= 0.3 is 0 Å². The van der Waals surface area contributed by atoms with E-state index in [4.69, 9.17) is 11.6 Å². The quantitative estimate of drug-likeness (QED) is 0.641. The Labute approximate surface area is 119 Å². The zero-order chi connectivity index (χ0) is 14.7. The van der Waals surface area contributed by atoms with E-state index >= 15 is 0 Å². The van der Waals surface area contributed by atoms with E-state index in [0.29, 0.717) is 5.69 Å². The molecule has 0 aliphatic heterocycles. The molecule has 0 bridgehead atoms. The lowest BCUT2D eigenvalue weighted by Gasteiger charge is -2.20. The van der Waals surface area contributed by atoms with E-state index in [1.165, 1.54) is 48.6 Å². The molecule has 2 aromatic heterocycles. The summed E-state index contributed by atoms with van der Waals surface area (Å²) >= 11 is 6.00. The Morgan fingerprint density at radius 2 is 2.15 bits per heavy atom. The molecule has 2 rings (SSSR count). The van der Waals surface area contributed by atoms with Crippen LogP contribution in [0, 0.1) is 10.1 Å². The highest BCUT2D eigenvalue weighted by atomic mass is 35.5. The molecule has 2 heterocycles. The highest BCUT2D eigenvalue weighted by Crippen LogP contribution is 2.31. The van der Waals surface area contributed by atoms with Crippen molar-refractivity contribution >= 4 is 34.7 Å². The standard InChI is InChI=1S/C12H9ClN4O3/c1-8(18)16(11-3-4-14-7-10(11)13)12-6-9(17(19)20)2-5-15-12/h2-7H,1H3. The van der Waals surface area contributed by atoms with Crippen LogP contribution in [0.5, 0.6) is 0 Å². The third-order valence-electron chi connectivity index (χ3n) is 2.48. The third kappa shape index (κ3) is 2.72. The topological polar surface area (TPSA) is 89.2 Å². The zero-order valence-electron chi connectivity index (χ0n) is 10.4. The third-order valence-corrected chi connectivity index (χ3v) is 2.77. The van der Waals surface area contributed by atoms with Gasteiger partial charge in [0.05, 0.1) is 21.7 Å². The number of carbonyl (C=O) groups excluding carboxylic acids is 1. The number of nitrogens with zero attached hydrogens (tertiary/aromatic N) is 4. The summed E-state index contributed by atoms with van der Waals surface area (Å²) < 4.78 is 0. The monoisotopic (exact) mass is 292 g/mol. The minimum Gasteiger partial charge on any atom is -0.274 e. The Kier molecular flexibility index (Phi) is 3.90. The lowest BCUT2D eigenvalue weighted by molar-refractivity contribution is -0.384.